The highest BCUT2D eigenvalue weighted by atomic mass is 32.2. The van der Waals surface area contributed by atoms with Crippen molar-refractivity contribution in [2.75, 3.05) is 13.1 Å². The second-order valence-corrected chi connectivity index (χ2v) is 12.6. The molecule has 2 N–H and O–H groups in total. The summed E-state index contributed by atoms with van der Waals surface area (Å²) in [7, 11) is -4.20. The fraction of sp³-hybridized carbons (Fsp3) is 0.385. The summed E-state index contributed by atoms with van der Waals surface area (Å²) < 4.78 is 28.2. The summed E-state index contributed by atoms with van der Waals surface area (Å²) in [5.41, 5.74) is 0. The van der Waals surface area contributed by atoms with Crippen molar-refractivity contribution in [3.05, 3.63) is 64.8 Å². The Morgan fingerprint density at radius 1 is 1.18 bits per heavy atom. The predicted molar refractivity (Wildman–Crippen MR) is 143 cm³/mol. The molecule has 0 unspecified atom stereocenters. The Morgan fingerprint density at radius 2 is 1.92 bits per heavy atom. The van der Waals surface area contributed by atoms with E-state index in [-0.39, 0.29) is 29.5 Å². The fourth-order valence-corrected chi connectivity index (χ4v) is 6.83. The van der Waals surface area contributed by atoms with Crippen molar-refractivity contribution in [2.24, 2.45) is 5.92 Å². The number of nitrogens with zero attached hydrogens (tertiary/aromatic N) is 2. The topological polar surface area (TPSA) is 140 Å². The average Bonchev–Trinajstić information content (AvgIpc) is 3.22. The number of nitrogens with one attached hydrogen (secondary N) is 2. The number of carbonyl (C=O) groups excluding carboxylic acids is 3. The third-order valence-electron chi connectivity index (χ3n) is 6.31. The van der Waals surface area contributed by atoms with Crippen LogP contribution in [0.25, 0.3) is 10.1 Å². The molecule has 12 heteroatoms. The van der Waals surface area contributed by atoms with Crippen molar-refractivity contribution < 1.29 is 27.5 Å². The van der Waals surface area contributed by atoms with Gasteiger partial charge in [-0.25, -0.2) is 8.42 Å². The predicted octanol–water partition coefficient (Wildman–Crippen LogP) is 2.22. The molecule has 1 saturated heterocycles. The van der Waals surface area contributed by atoms with Crippen LogP contribution in [0.5, 0.6) is 0 Å². The summed E-state index contributed by atoms with van der Waals surface area (Å²) in [5, 5.41) is 18.0. The Kier molecular flexibility index (Phi) is 8.44. The van der Waals surface area contributed by atoms with Gasteiger partial charge in [-0.1, -0.05) is 32.0 Å². The first kappa shape index (κ1) is 27.7. The number of hydrogen-bond donors (Lipinski definition) is 2. The van der Waals surface area contributed by atoms with Gasteiger partial charge in [-0.05, 0) is 48.8 Å². The highest BCUT2D eigenvalue weighted by Crippen LogP contribution is 2.25. The molecule has 2 atom stereocenters. The Hall–Kier alpha value is -3.35. The molecule has 1 aliphatic heterocycles. The van der Waals surface area contributed by atoms with Gasteiger partial charge >= 0.3 is 15.0 Å². The van der Waals surface area contributed by atoms with E-state index in [0.717, 1.165) is 20.6 Å². The van der Waals surface area contributed by atoms with Crippen LogP contribution >= 0.6 is 11.3 Å². The molecule has 1 fully saturated rings. The Balaban J connectivity index is 1.45. The molecule has 4 rings (SSSR count). The number of ketones is 1. The van der Waals surface area contributed by atoms with E-state index < -0.39 is 45.4 Å². The molecule has 0 radical (unpaired) electrons. The van der Waals surface area contributed by atoms with Crippen molar-refractivity contribution in [1.29, 1.82) is 0 Å². The minimum absolute atomic E-state index is 0.0352. The van der Waals surface area contributed by atoms with Crippen LogP contribution in [0.3, 0.4) is 0 Å². The molecule has 0 saturated carbocycles. The zero-order chi connectivity index (χ0) is 27.4. The number of benzene rings is 1. The Bertz CT molecular complexity index is 1420. The molecule has 0 bridgehead atoms. The summed E-state index contributed by atoms with van der Waals surface area (Å²) in [6, 6.07) is 11.7. The lowest BCUT2D eigenvalue weighted by Gasteiger charge is -2.23. The maximum atomic E-state index is 13.2. The average molecular weight is 559 g/mol. The summed E-state index contributed by atoms with van der Waals surface area (Å²) in [5.74, 6) is -1.26. The van der Waals surface area contributed by atoms with E-state index in [1.54, 1.807) is 6.07 Å². The van der Waals surface area contributed by atoms with Crippen molar-refractivity contribution in [1.82, 2.24) is 14.9 Å². The third kappa shape index (κ3) is 6.20. The van der Waals surface area contributed by atoms with Gasteiger partial charge in [0.15, 0.2) is 12.0 Å². The standard InChI is InChI=1S/C26H30N4O6S2/c1-17(2)14-20(28-26(33)23-15-18-8-3-4-10-22(18)37-23)25(32)27-19-9-7-12-29(16-21(19)31)38(35,36)24-11-5-6-13-30(24)34/h3-6,8,10-11,13,15,17,19-20H,7,9,12,14,16H2,1-2H3,(H,27,32)(H,28,33)/t19-,20-/m1/s1. The smallest absolute Gasteiger partial charge is 0.323 e. The quantitative estimate of drug-likeness (QED) is 0.321. The van der Waals surface area contributed by atoms with Crippen LogP contribution < -0.4 is 15.4 Å². The number of aromatic nitrogens is 1. The molecular formula is C26H30N4O6S2. The zero-order valence-electron chi connectivity index (χ0n) is 21.1. The molecule has 2 amide bonds. The molecule has 1 aliphatic rings. The van der Waals surface area contributed by atoms with Crippen LogP contribution in [0.2, 0.25) is 0 Å². The van der Waals surface area contributed by atoms with E-state index in [1.807, 2.05) is 38.1 Å². The van der Waals surface area contributed by atoms with Gasteiger partial charge in [-0.3, -0.25) is 14.4 Å². The zero-order valence-corrected chi connectivity index (χ0v) is 22.8. The van der Waals surface area contributed by atoms with E-state index in [0.29, 0.717) is 17.7 Å². The summed E-state index contributed by atoms with van der Waals surface area (Å²) in [6.45, 7) is 3.42. The summed E-state index contributed by atoms with van der Waals surface area (Å²) in [4.78, 5) is 39.7. The lowest BCUT2D eigenvalue weighted by atomic mass is 10.0. The number of carbonyl (C=O) groups is 3. The lowest BCUT2D eigenvalue weighted by molar-refractivity contribution is -0.646. The van der Waals surface area contributed by atoms with Gasteiger partial charge < -0.3 is 15.8 Å². The molecule has 3 aromatic rings. The van der Waals surface area contributed by atoms with E-state index in [1.165, 1.54) is 29.5 Å². The number of thiophene rings is 1. The Labute approximate surface area is 225 Å². The maximum absolute atomic E-state index is 13.2. The molecular weight excluding hydrogens is 528 g/mol. The van der Waals surface area contributed by atoms with Gasteiger partial charge in [0.2, 0.25) is 5.91 Å². The number of Topliss-reactive ketones (excluding diaryl/α,β-unsaturated/α-hetero) is 1. The van der Waals surface area contributed by atoms with E-state index in [9.17, 15) is 28.0 Å². The van der Waals surface area contributed by atoms with Crippen LogP contribution in [0.4, 0.5) is 0 Å². The second-order valence-electron chi connectivity index (χ2n) is 9.68. The van der Waals surface area contributed by atoms with Gasteiger partial charge in [0.1, 0.15) is 6.04 Å². The molecule has 38 heavy (non-hydrogen) atoms. The first-order valence-corrected chi connectivity index (χ1v) is 14.6. The molecule has 3 heterocycles. The van der Waals surface area contributed by atoms with Crippen LogP contribution in [0, 0.1) is 11.1 Å². The summed E-state index contributed by atoms with van der Waals surface area (Å²) >= 11 is 1.33. The van der Waals surface area contributed by atoms with Crippen LogP contribution in [0.1, 0.15) is 42.8 Å². The van der Waals surface area contributed by atoms with E-state index in [4.69, 9.17) is 0 Å². The lowest BCUT2D eigenvalue weighted by Crippen LogP contribution is -2.52. The van der Waals surface area contributed by atoms with Crippen LogP contribution in [-0.2, 0) is 19.6 Å². The minimum Gasteiger partial charge on any atom is -0.618 e. The van der Waals surface area contributed by atoms with E-state index in [2.05, 4.69) is 10.6 Å². The van der Waals surface area contributed by atoms with Crippen molar-refractivity contribution >= 4 is 49.0 Å². The third-order valence-corrected chi connectivity index (χ3v) is 9.26. The first-order valence-electron chi connectivity index (χ1n) is 12.4. The van der Waals surface area contributed by atoms with Gasteiger partial charge in [-0.2, -0.15) is 9.04 Å². The number of amides is 2. The molecule has 0 spiro atoms. The number of fused-ring (bicyclic) bond motifs is 1. The molecule has 10 nitrogen and oxygen atoms in total. The largest absolute Gasteiger partial charge is 0.618 e. The normalized spacial score (nSPS) is 17.8. The Morgan fingerprint density at radius 3 is 2.63 bits per heavy atom. The van der Waals surface area contributed by atoms with E-state index >= 15 is 0 Å². The number of sulfonamides is 1. The van der Waals surface area contributed by atoms with Crippen molar-refractivity contribution in [3.63, 3.8) is 0 Å². The van der Waals surface area contributed by atoms with Gasteiger partial charge in [-0.15, -0.1) is 11.3 Å². The van der Waals surface area contributed by atoms with Gasteiger partial charge in [0.25, 0.3) is 5.91 Å². The van der Waals surface area contributed by atoms with Crippen molar-refractivity contribution in [3.8, 4) is 0 Å². The monoisotopic (exact) mass is 558 g/mol. The maximum Gasteiger partial charge on any atom is 0.323 e. The summed E-state index contributed by atoms with van der Waals surface area (Å²) in [6.07, 6.45) is 1.99. The van der Waals surface area contributed by atoms with Gasteiger partial charge in [0.05, 0.1) is 17.5 Å². The number of rotatable bonds is 8. The van der Waals surface area contributed by atoms with Crippen molar-refractivity contribution in [2.45, 2.75) is 50.2 Å². The van der Waals surface area contributed by atoms with Crippen LogP contribution in [0.15, 0.2) is 59.8 Å². The van der Waals surface area contributed by atoms with Crippen LogP contribution in [-0.4, -0.2) is 55.5 Å². The second kappa shape index (κ2) is 11.6. The highest BCUT2D eigenvalue weighted by Gasteiger charge is 2.37. The fourth-order valence-electron chi connectivity index (χ4n) is 4.40. The SMILES string of the molecule is CC(C)C[C@@H](NC(=O)c1cc2ccccc2s1)C(=O)N[C@@H]1CCCN(S(=O)(=O)c2cccc[n+]2[O-])CC1=O. The number of pyridine rings is 1. The molecule has 202 valence electrons. The molecule has 0 aliphatic carbocycles. The minimum atomic E-state index is -4.20. The molecule has 2 aromatic heterocycles. The van der Waals surface area contributed by atoms with Gasteiger partial charge in [0, 0.05) is 23.4 Å². The molecule has 1 aromatic carbocycles. The number of hydrogen-bond acceptors (Lipinski definition) is 7. The highest BCUT2D eigenvalue weighted by molar-refractivity contribution is 7.89. The first-order chi connectivity index (χ1) is 18.1.